The second kappa shape index (κ2) is 11.1. The first kappa shape index (κ1) is 17.4. The van der Waals surface area contributed by atoms with Gasteiger partial charge in [-0.2, -0.15) is 0 Å². The van der Waals surface area contributed by atoms with Gasteiger partial charge in [-0.05, 0) is 44.4 Å². The fraction of sp³-hybridized carbons (Fsp3) is 0.562. The molecule has 0 aliphatic heterocycles. The monoisotopic (exact) mass is 295 g/mol. The second-order valence-electron chi connectivity index (χ2n) is 4.62. The van der Waals surface area contributed by atoms with E-state index in [1.165, 1.54) is 6.07 Å². The number of nitrogens with one attached hydrogen (secondary N) is 2. The van der Waals surface area contributed by atoms with Crippen LogP contribution in [0.5, 0.6) is 0 Å². The summed E-state index contributed by atoms with van der Waals surface area (Å²) in [4.78, 5) is 4.47. The van der Waals surface area contributed by atoms with E-state index in [1.807, 2.05) is 19.9 Å². The Balaban J connectivity index is 2.31. The number of rotatable bonds is 9. The fourth-order valence-electron chi connectivity index (χ4n) is 1.86. The van der Waals surface area contributed by atoms with Crippen LogP contribution in [-0.4, -0.2) is 38.8 Å². The van der Waals surface area contributed by atoms with Gasteiger partial charge in [0.25, 0.3) is 0 Å². The van der Waals surface area contributed by atoms with Crippen LogP contribution < -0.4 is 10.6 Å². The van der Waals surface area contributed by atoms with Crippen molar-refractivity contribution in [2.45, 2.75) is 26.7 Å². The normalized spacial score (nSPS) is 11.5. The van der Waals surface area contributed by atoms with Crippen LogP contribution in [0, 0.1) is 5.82 Å². The number of aliphatic imine (C=N–C) groups is 1. The minimum Gasteiger partial charge on any atom is -0.382 e. The molecule has 0 unspecified atom stereocenters. The lowest BCUT2D eigenvalue weighted by atomic mass is 10.1. The second-order valence-corrected chi connectivity index (χ2v) is 4.62. The SMILES string of the molecule is CCNC(=NCCCOCC)NCCc1cccc(F)c1. The van der Waals surface area contributed by atoms with Gasteiger partial charge in [-0.1, -0.05) is 12.1 Å². The van der Waals surface area contributed by atoms with E-state index < -0.39 is 0 Å². The number of benzene rings is 1. The molecule has 2 N–H and O–H groups in total. The summed E-state index contributed by atoms with van der Waals surface area (Å²) in [6, 6.07) is 6.68. The Bertz CT molecular complexity index is 424. The van der Waals surface area contributed by atoms with E-state index in [0.717, 1.165) is 57.2 Å². The van der Waals surface area contributed by atoms with E-state index in [1.54, 1.807) is 12.1 Å². The smallest absolute Gasteiger partial charge is 0.191 e. The van der Waals surface area contributed by atoms with Gasteiger partial charge in [0.15, 0.2) is 5.96 Å². The van der Waals surface area contributed by atoms with Gasteiger partial charge < -0.3 is 15.4 Å². The van der Waals surface area contributed by atoms with Crippen molar-refractivity contribution in [3.05, 3.63) is 35.6 Å². The highest BCUT2D eigenvalue weighted by atomic mass is 19.1. The molecule has 21 heavy (non-hydrogen) atoms. The molecule has 118 valence electrons. The Morgan fingerprint density at radius 1 is 1.29 bits per heavy atom. The Hall–Kier alpha value is -1.62. The first-order valence-electron chi connectivity index (χ1n) is 7.60. The fourth-order valence-corrected chi connectivity index (χ4v) is 1.86. The maximum absolute atomic E-state index is 13.1. The Labute approximate surface area is 126 Å². The lowest BCUT2D eigenvalue weighted by Crippen LogP contribution is -2.38. The number of halogens is 1. The molecule has 1 aromatic carbocycles. The van der Waals surface area contributed by atoms with Crippen LogP contribution in [-0.2, 0) is 11.2 Å². The van der Waals surface area contributed by atoms with Crippen molar-refractivity contribution in [1.82, 2.24) is 10.6 Å². The van der Waals surface area contributed by atoms with Crippen molar-refractivity contribution in [3.63, 3.8) is 0 Å². The minimum absolute atomic E-state index is 0.191. The van der Waals surface area contributed by atoms with Crippen molar-refractivity contribution in [3.8, 4) is 0 Å². The first-order valence-corrected chi connectivity index (χ1v) is 7.60. The summed E-state index contributed by atoms with van der Waals surface area (Å²) in [5, 5.41) is 6.45. The molecular weight excluding hydrogens is 269 g/mol. The van der Waals surface area contributed by atoms with Gasteiger partial charge in [-0.25, -0.2) is 4.39 Å². The molecule has 0 bridgehead atoms. The molecule has 0 aromatic heterocycles. The lowest BCUT2D eigenvalue weighted by Gasteiger charge is -2.11. The topological polar surface area (TPSA) is 45.7 Å². The molecule has 0 radical (unpaired) electrons. The highest BCUT2D eigenvalue weighted by Crippen LogP contribution is 2.03. The Morgan fingerprint density at radius 3 is 2.86 bits per heavy atom. The van der Waals surface area contributed by atoms with Gasteiger partial charge in [-0.3, -0.25) is 4.99 Å². The summed E-state index contributed by atoms with van der Waals surface area (Å²) < 4.78 is 18.4. The van der Waals surface area contributed by atoms with Gasteiger partial charge in [0.05, 0.1) is 0 Å². The lowest BCUT2D eigenvalue weighted by molar-refractivity contribution is 0.146. The van der Waals surface area contributed by atoms with Gasteiger partial charge in [0.2, 0.25) is 0 Å². The third-order valence-corrected chi connectivity index (χ3v) is 2.86. The van der Waals surface area contributed by atoms with Crippen LogP contribution in [0.1, 0.15) is 25.8 Å². The molecule has 0 amide bonds. The maximum Gasteiger partial charge on any atom is 0.191 e. The summed E-state index contributed by atoms with van der Waals surface area (Å²) in [5.41, 5.74) is 0.981. The average molecular weight is 295 g/mol. The summed E-state index contributed by atoms with van der Waals surface area (Å²) >= 11 is 0. The molecule has 4 nitrogen and oxygen atoms in total. The van der Waals surface area contributed by atoms with Gasteiger partial charge >= 0.3 is 0 Å². The number of ether oxygens (including phenoxy) is 1. The van der Waals surface area contributed by atoms with Crippen molar-refractivity contribution >= 4 is 5.96 Å². The minimum atomic E-state index is -0.191. The highest BCUT2D eigenvalue weighted by Gasteiger charge is 1.98. The van der Waals surface area contributed by atoms with Crippen molar-refractivity contribution in [2.24, 2.45) is 4.99 Å². The molecule has 0 aliphatic rings. The third-order valence-electron chi connectivity index (χ3n) is 2.86. The number of nitrogens with zero attached hydrogens (tertiary/aromatic N) is 1. The van der Waals surface area contributed by atoms with Gasteiger partial charge in [0.1, 0.15) is 5.82 Å². The Morgan fingerprint density at radius 2 is 2.14 bits per heavy atom. The molecular formula is C16H26FN3O. The predicted octanol–water partition coefficient (Wildman–Crippen LogP) is 2.35. The molecule has 0 atom stereocenters. The number of hydrogen-bond acceptors (Lipinski definition) is 2. The van der Waals surface area contributed by atoms with E-state index in [2.05, 4.69) is 15.6 Å². The standard InChI is InChI=1S/C16H26FN3O/c1-3-18-16(19-10-6-12-21-4-2)20-11-9-14-7-5-8-15(17)13-14/h5,7-8,13H,3-4,6,9-12H2,1-2H3,(H2,18,19,20). The zero-order valence-corrected chi connectivity index (χ0v) is 13.0. The van der Waals surface area contributed by atoms with Crippen LogP contribution >= 0.6 is 0 Å². The van der Waals surface area contributed by atoms with Crippen molar-refractivity contribution in [1.29, 1.82) is 0 Å². The Kier molecular flexibility index (Phi) is 9.20. The maximum atomic E-state index is 13.1. The molecule has 1 rings (SSSR count). The van der Waals surface area contributed by atoms with E-state index in [9.17, 15) is 4.39 Å². The highest BCUT2D eigenvalue weighted by molar-refractivity contribution is 5.79. The molecule has 0 fully saturated rings. The first-order chi connectivity index (χ1) is 10.3. The molecule has 0 heterocycles. The van der Waals surface area contributed by atoms with Crippen LogP contribution in [0.3, 0.4) is 0 Å². The summed E-state index contributed by atoms with van der Waals surface area (Å²) in [5.74, 6) is 0.606. The molecule has 0 aliphatic carbocycles. The van der Waals surface area contributed by atoms with E-state index in [0.29, 0.717) is 0 Å². The summed E-state index contributed by atoms with van der Waals surface area (Å²) in [6.07, 6.45) is 1.68. The molecule has 5 heteroatoms. The molecule has 1 aromatic rings. The van der Waals surface area contributed by atoms with E-state index in [-0.39, 0.29) is 5.82 Å². The average Bonchev–Trinajstić information content (AvgIpc) is 2.47. The zero-order chi connectivity index (χ0) is 15.3. The quantitative estimate of drug-likeness (QED) is 0.417. The van der Waals surface area contributed by atoms with E-state index in [4.69, 9.17) is 4.74 Å². The summed E-state index contributed by atoms with van der Waals surface area (Å²) in [6.45, 7) is 7.77. The molecule has 0 saturated heterocycles. The predicted molar refractivity (Wildman–Crippen MR) is 85.2 cm³/mol. The molecule has 0 saturated carbocycles. The summed E-state index contributed by atoms with van der Waals surface area (Å²) in [7, 11) is 0. The van der Waals surface area contributed by atoms with Crippen LogP contribution in [0.4, 0.5) is 4.39 Å². The van der Waals surface area contributed by atoms with Gasteiger partial charge in [0, 0.05) is 32.8 Å². The van der Waals surface area contributed by atoms with Crippen molar-refractivity contribution < 1.29 is 9.13 Å². The number of hydrogen-bond donors (Lipinski definition) is 2. The van der Waals surface area contributed by atoms with Gasteiger partial charge in [-0.15, -0.1) is 0 Å². The molecule has 0 spiro atoms. The van der Waals surface area contributed by atoms with Crippen LogP contribution in [0.2, 0.25) is 0 Å². The third kappa shape index (κ3) is 8.30. The van der Waals surface area contributed by atoms with Crippen LogP contribution in [0.15, 0.2) is 29.3 Å². The van der Waals surface area contributed by atoms with Crippen molar-refractivity contribution in [2.75, 3.05) is 32.8 Å². The number of guanidine groups is 1. The van der Waals surface area contributed by atoms with E-state index >= 15 is 0 Å². The zero-order valence-electron chi connectivity index (χ0n) is 13.0. The van der Waals surface area contributed by atoms with Crippen LogP contribution in [0.25, 0.3) is 0 Å². The largest absolute Gasteiger partial charge is 0.382 e.